The summed E-state index contributed by atoms with van der Waals surface area (Å²) in [4.78, 5) is 0. The molecule has 0 nitrogen and oxygen atoms in total. The molecule has 0 spiro atoms. The van der Waals surface area contributed by atoms with E-state index in [0.717, 1.165) is 51.5 Å². The number of allylic oxidation sites excluding steroid dienone is 4. The van der Waals surface area contributed by atoms with E-state index in [4.69, 9.17) is 0 Å². The number of hydrogen-bond acceptors (Lipinski definition) is 0. The molecular weight excluding hydrogens is 572 g/mol. The molecule has 0 saturated heterocycles. The Bertz CT molecular complexity index is 1120. The lowest BCUT2D eigenvalue weighted by Crippen LogP contribution is -2.30. The number of alkyl halides is 6. The molecule has 3 aliphatic rings. The van der Waals surface area contributed by atoms with Crippen LogP contribution in [0.3, 0.4) is 0 Å². The smallest absolute Gasteiger partial charge is 0.166 e. The van der Waals surface area contributed by atoms with Crippen molar-refractivity contribution >= 4 is 26.5 Å². The van der Waals surface area contributed by atoms with Crippen molar-refractivity contribution in [3.8, 4) is 0 Å². The summed E-state index contributed by atoms with van der Waals surface area (Å²) in [5.74, 6) is 0.140. The summed E-state index contributed by atoms with van der Waals surface area (Å²) < 4.78 is 80.3. The highest BCUT2D eigenvalue weighted by Crippen LogP contribution is 2.64. The minimum Gasteiger partial charge on any atom is -0.166 e. The van der Waals surface area contributed by atoms with Gasteiger partial charge in [0.05, 0.1) is 11.1 Å². The van der Waals surface area contributed by atoms with Gasteiger partial charge in [-0.3, -0.25) is 0 Å². The molecule has 222 valence electrons. The molecule has 2 aromatic rings. The van der Waals surface area contributed by atoms with E-state index < -0.39 is 31.4 Å². The molecule has 2 saturated carbocycles. The number of hydrogen-bond donors (Lipinski definition) is 0. The van der Waals surface area contributed by atoms with Gasteiger partial charge in [-0.1, -0.05) is 95.9 Å². The average molecular weight is 611 g/mol. The highest BCUT2D eigenvalue weighted by Gasteiger charge is 2.40. The lowest BCUT2D eigenvalue weighted by Gasteiger charge is -2.44. The maximum atomic E-state index is 13.4. The molecule has 1 unspecified atom stereocenters. The summed E-state index contributed by atoms with van der Waals surface area (Å²) in [7, 11) is -1.58. The Kier molecular flexibility index (Phi) is 9.71. The van der Waals surface area contributed by atoms with Gasteiger partial charge in [-0.25, -0.2) is 0 Å². The van der Waals surface area contributed by atoms with Gasteiger partial charge in [0.2, 0.25) is 0 Å². The largest absolute Gasteiger partial charge is 0.416 e. The van der Waals surface area contributed by atoms with Crippen LogP contribution in [0.5, 0.6) is 0 Å². The third-order valence-corrected chi connectivity index (χ3v) is 15.6. The first-order valence-corrected chi connectivity index (χ1v) is 17.7. The average Bonchev–Trinajstić information content (AvgIpc) is 3.44. The molecule has 2 fully saturated rings. The van der Waals surface area contributed by atoms with Crippen molar-refractivity contribution in [3.63, 3.8) is 0 Å². The minimum absolute atomic E-state index is 0.140. The van der Waals surface area contributed by atoms with E-state index in [-0.39, 0.29) is 13.8 Å². The monoisotopic (exact) mass is 610 g/mol. The molecule has 2 atom stereocenters. The van der Waals surface area contributed by atoms with Crippen LogP contribution in [-0.4, -0.2) is 17.0 Å². The van der Waals surface area contributed by atoms with Crippen molar-refractivity contribution in [3.05, 3.63) is 83.2 Å². The van der Waals surface area contributed by atoms with E-state index in [0.29, 0.717) is 5.66 Å². The first-order valence-electron chi connectivity index (χ1n) is 14.8. The number of halogens is 6. The summed E-state index contributed by atoms with van der Waals surface area (Å²) in [6.07, 6.45) is 10.4. The Morgan fingerprint density at radius 1 is 0.634 bits per heavy atom. The second-order valence-electron chi connectivity index (χ2n) is 11.7. The second-order valence-corrected chi connectivity index (χ2v) is 17.1. The highest BCUT2D eigenvalue weighted by atomic mass is 31.1. The van der Waals surface area contributed by atoms with Gasteiger partial charge < -0.3 is 0 Å². The van der Waals surface area contributed by atoms with Crippen LogP contribution in [0.15, 0.2) is 72.1 Å². The van der Waals surface area contributed by atoms with Gasteiger partial charge in [-0.15, -0.1) is 0 Å². The Morgan fingerprint density at radius 3 is 1.44 bits per heavy atom. The van der Waals surface area contributed by atoms with Crippen molar-refractivity contribution in [2.45, 2.75) is 100 Å². The lowest BCUT2D eigenvalue weighted by atomic mass is 9.99. The van der Waals surface area contributed by atoms with Gasteiger partial charge in [0.15, 0.2) is 0 Å². The second kappa shape index (κ2) is 12.9. The first kappa shape index (κ1) is 30.8. The quantitative estimate of drug-likeness (QED) is 0.216. The summed E-state index contributed by atoms with van der Waals surface area (Å²) >= 11 is 0. The molecule has 5 rings (SSSR count). The fourth-order valence-electron chi connectivity index (χ4n) is 7.07. The molecule has 0 heterocycles. The van der Waals surface area contributed by atoms with E-state index in [1.165, 1.54) is 88.5 Å². The molecule has 0 radical (unpaired) electrons. The predicted molar refractivity (Wildman–Crippen MR) is 160 cm³/mol. The molecule has 3 aliphatic carbocycles. The Balaban J connectivity index is 1.51. The molecule has 0 bridgehead atoms. The molecule has 2 aromatic carbocycles. The topological polar surface area (TPSA) is 0 Å². The number of rotatable bonds is 7. The molecule has 0 N–H and O–H groups in total. The van der Waals surface area contributed by atoms with E-state index in [2.05, 4.69) is 25.2 Å². The van der Waals surface area contributed by atoms with Crippen molar-refractivity contribution in [1.29, 1.82) is 0 Å². The van der Waals surface area contributed by atoms with Crippen molar-refractivity contribution in [2.75, 3.05) is 0 Å². The SMILES string of the molecule is C[C@@H](C1C=CC=C1P(c1ccc(C(F)(F)F)cc1)c1ccc(C(F)(F)F)cc1)P(C1CCCCC1)C1CCCCC1. The number of benzene rings is 2. The Labute approximate surface area is 242 Å². The van der Waals surface area contributed by atoms with Crippen LogP contribution in [-0.2, 0) is 12.4 Å². The van der Waals surface area contributed by atoms with Crippen LogP contribution in [0, 0.1) is 5.92 Å². The normalized spacial score (nSPS) is 22.0. The fraction of sp³-hybridized carbons (Fsp3) is 0.515. The van der Waals surface area contributed by atoms with Crippen LogP contribution >= 0.6 is 15.8 Å². The van der Waals surface area contributed by atoms with Crippen LogP contribution in [0.1, 0.15) is 82.3 Å². The van der Waals surface area contributed by atoms with Crippen LogP contribution < -0.4 is 10.6 Å². The van der Waals surface area contributed by atoms with Crippen LogP contribution in [0.2, 0.25) is 0 Å². The van der Waals surface area contributed by atoms with E-state index >= 15 is 0 Å². The third kappa shape index (κ3) is 7.13. The van der Waals surface area contributed by atoms with Gasteiger partial charge >= 0.3 is 12.4 Å². The van der Waals surface area contributed by atoms with Gasteiger partial charge in [0.25, 0.3) is 0 Å². The summed E-state index contributed by atoms with van der Waals surface area (Å²) in [5.41, 5.74) is 0.469. The molecule has 0 amide bonds. The van der Waals surface area contributed by atoms with Gasteiger partial charge in [-0.05, 0) is 90.8 Å². The van der Waals surface area contributed by atoms with Gasteiger partial charge in [-0.2, -0.15) is 26.3 Å². The summed E-state index contributed by atoms with van der Waals surface area (Å²) in [6.45, 7) is 2.39. The zero-order valence-corrected chi connectivity index (χ0v) is 25.2. The zero-order valence-electron chi connectivity index (χ0n) is 23.4. The van der Waals surface area contributed by atoms with Crippen LogP contribution in [0.4, 0.5) is 26.3 Å². The van der Waals surface area contributed by atoms with E-state index in [1.54, 1.807) is 0 Å². The highest BCUT2D eigenvalue weighted by molar-refractivity contribution is 7.76. The molecule has 41 heavy (non-hydrogen) atoms. The molecule has 0 aliphatic heterocycles. The Hall–Kier alpha value is -1.64. The van der Waals surface area contributed by atoms with E-state index in [9.17, 15) is 26.3 Å². The molecule has 0 aromatic heterocycles. The summed E-state index contributed by atoms with van der Waals surface area (Å²) in [5, 5.41) is 2.62. The fourth-order valence-corrected chi connectivity index (χ4v) is 14.3. The van der Waals surface area contributed by atoms with Gasteiger partial charge in [0, 0.05) is 5.92 Å². The first-order chi connectivity index (χ1) is 19.5. The van der Waals surface area contributed by atoms with Crippen molar-refractivity contribution in [1.82, 2.24) is 0 Å². The zero-order chi connectivity index (χ0) is 29.2. The van der Waals surface area contributed by atoms with Crippen LogP contribution in [0.25, 0.3) is 0 Å². The predicted octanol–water partition coefficient (Wildman–Crippen LogP) is 10.8. The lowest BCUT2D eigenvalue weighted by molar-refractivity contribution is -0.138. The van der Waals surface area contributed by atoms with Crippen molar-refractivity contribution < 1.29 is 26.3 Å². The van der Waals surface area contributed by atoms with E-state index in [1.807, 2.05) is 0 Å². The minimum atomic E-state index is -4.45. The molecule has 8 heteroatoms. The Morgan fingerprint density at radius 2 is 1.05 bits per heavy atom. The maximum Gasteiger partial charge on any atom is 0.416 e. The third-order valence-electron chi connectivity index (χ3n) is 9.07. The standard InChI is InChI=1S/C33H38F6P2/c1-23(40(26-9-4-2-5-10-26)27-11-6-3-7-12-27)30-13-8-14-31(30)41(28-19-15-24(16-20-28)32(34,35)36)29-21-17-25(18-22-29)33(37,38)39/h8,13-23,26-27,30H,2-7,9-12H2,1H3/t23-,30?/m0/s1. The summed E-state index contributed by atoms with van der Waals surface area (Å²) in [6, 6.07) is 10.5. The molecular formula is C33H38F6P2. The maximum absolute atomic E-state index is 13.4. The van der Waals surface area contributed by atoms with Crippen molar-refractivity contribution in [2.24, 2.45) is 5.92 Å². The van der Waals surface area contributed by atoms with Gasteiger partial charge in [0.1, 0.15) is 0 Å².